The minimum Gasteiger partial charge on any atom is -0.389 e. The average Bonchev–Trinajstić information content (AvgIpc) is 1.63. The van der Waals surface area contributed by atoms with Crippen LogP contribution in [0, 0.1) is 0 Å². The second-order valence-corrected chi connectivity index (χ2v) is 2.61. The van der Waals surface area contributed by atoms with Crippen molar-refractivity contribution < 1.29 is 0 Å². The van der Waals surface area contributed by atoms with Crippen molar-refractivity contribution in [3.05, 3.63) is 11.8 Å². The lowest BCUT2D eigenvalue weighted by molar-refractivity contribution is 0.856. The summed E-state index contributed by atoms with van der Waals surface area (Å²) in [6, 6.07) is 0. The van der Waals surface area contributed by atoms with Gasteiger partial charge in [0.2, 0.25) is 0 Å². The zero-order chi connectivity index (χ0) is 7.28. The Hall–Kier alpha value is -0.370. The molecule has 0 fully saturated rings. The molecule has 0 aliphatic rings. The van der Waals surface area contributed by atoms with E-state index in [-0.39, 0.29) is 0 Å². The Morgan fingerprint density at radius 3 is 2.44 bits per heavy atom. The maximum absolute atomic E-state index is 4.87. The van der Waals surface area contributed by atoms with Gasteiger partial charge in [-0.05, 0) is 26.8 Å². The molecule has 0 bridgehead atoms. The molecule has 1 nitrogen and oxygen atoms in total. The molecule has 52 valence electrons. The monoisotopic (exact) mass is 143 g/mol. The van der Waals surface area contributed by atoms with Crippen molar-refractivity contribution in [3.8, 4) is 0 Å². The van der Waals surface area contributed by atoms with Gasteiger partial charge in [-0.15, -0.1) is 0 Å². The Bertz CT molecular complexity index is 127. The Kier molecular flexibility index (Phi) is 4.32. The number of thiocarbonyl (C=S) groups is 1. The first-order valence-corrected chi connectivity index (χ1v) is 3.50. The molecule has 0 rings (SSSR count). The molecular formula is C7H13NS. The van der Waals surface area contributed by atoms with Crippen LogP contribution in [-0.2, 0) is 0 Å². The standard InChI is InChI=1S/C7H13NS/c1-4-8-6(2)5-7(3)9/h5,8H,4H2,1-3H3/b6-5-. The fourth-order valence-corrected chi connectivity index (χ4v) is 0.812. The lowest BCUT2D eigenvalue weighted by atomic mass is 10.3. The van der Waals surface area contributed by atoms with Crippen LogP contribution in [0.15, 0.2) is 11.8 Å². The fraction of sp³-hybridized carbons (Fsp3) is 0.571. The van der Waals surface area contributed by atoms with Gasteiger partial charge in [-0.2, -0.15) is 0 Å². The van der Waals surface area contributed by atoms with Crippen LogP contribution in [0.4, 0.5) is 0 Å². The summed E-state index contributed by atoms with van der Waals surface area (Å²) in [5.74, 6) is 0. The quantitative estimate of drug-likeness (QED) is 0.478. The summed E-state index contributed by atoms with van der Waals surface area (Å²) in [7, 11) is 0. The number of hydrogen-bond donors (Lipinski definition) is 1. The van der Waals surface area contributed by atoms with Crippen LogP contribution in [0.25, 0.3) is 0 Å². The van der Waals surface area contributed by atoms with Crippen LogP contribution < -0.4 is 5.32 Å². The average molecular weight is 143 g/mol. The van der Waals surface area contributed by atoms with Crippen LogP contribution in [0.3, 0.4) is 0 Å². The highest BCUT2D eigenvalue weighted by Crippen LogP contribution is 1.87. The van der Waals surface area contributed by atoms with Crippen molar-refractivity contribution in [2.24, 2.45) is 0 Å². The Labute approximate surface area is 62.1 Å². The van der Waals surface area contributed by atoms with Crippen molar-refractivity contribution in [1.29, 1.82) is 0 Å². The van der Waals surface area contributed by atoms with Crippen LogP contribution in [0.5, 0.6) is 0 Å². The van der Waals surface area contributed by atoms with Gasteiger partial charge in [-0.3, -0.25) is 0 Å². The van der Waals surface area contributed by atoms with E-state index in [1.54, 1.807) is 0 Å². The predicted molar refractivity (Wildman–Crippen MR) is 45.7 cm³/mol. The first kappa shape index (κ1) is 8.63. The predicted octanol–water partition coefficient (Wildman–Crippen LogP) is 1.89. The van der Waals surface area contributed by atoms with E-state index in [1.165, 1.54) is 0 Å². The molecule has 0 saturated carbocycles. The van der Waals surface area contributed by atoms with Gasteiger partial charge in [0.15, 0.2) is 0 Å². The fourth-order valence-electron chi connectivity index (χ4n) is 0.635. The molecule has 0 radical (unpaired) electrons. The first-order chi connectivity index (χ1) is 4.16. The summed E-state index contributed by atoms with van der Waals surface area (Å²) >= 11 is 4.87. The van der Waals surface area contributed by atoms with E-state index in [0.717, 1.165) is 17.1 Å². The number of nitrogens with one attached hydrogen (secondary N) is 1. The van der Waals surface area contributed by atoms with Gasteiger partial charge in [0.1, 0.15) is 0 Å². The molecule has 0 spiro atoms. The number of allylic oxidation sites excluding steroid dienone is 2. The molecule has 0 unspecified atom stereocenters. The SMILES string of the molecule is CCN/C(C)=C\C(C)=S. The molecule has 0 aliphatic heterocycles. The van der Waals surface area contributed by atoms with Crippen molar-refractivity contribution in [3.63, 3.8) is 0 Å². The van der Waals surface area contributed by atoms with E-state index in [9.17, 15) is 0 Å². The van der Waals surface area contributed by atoms with Gasteiger partial charge in [0.25, 0.3) is 0 Å². The summed E-state index contributed by atoms with van der Waals surface area (Å²) in [5.41, 5.74) is 1.14. The van der Waals surface area contributed by atoms with Crippen LogP contribution in [-0.4, -0.2) is 11.4 Å². The second kappa shape index (κ2) is 4.50. The van der Waals surface area contributed by atoms with E-state index in [1.807, 2.05) is 19.9 Å². The maximum atomic E-state index is 4.87. The molecule has 0 aromatic rings. The summed E-state index contributed by atoms with van der Waals surface area (Å²) in [5, 5.41) is 3.15. The lowest BCUT2D eigenvalue weighted by Gasteiger charge is -1.99. The summed E-state index contributed by atoms with van der Waals surface area (Å²) in [6.45, 7) is 6.95. The first-order valence-electron chi connectivity index (χ1n) is 3.09. The number of hydrogen-bond acceptors (Lipinski definition) is 2. The largest absolute Gasteiger partial charge is 0.389 e. The van der Waals surface area contributed by atoms with Gasteiger partial charge >= 0.3 is 0 Å². The smallest absolute Gasteiger partial charge is 0.0138 e. The molecule has 0 atom stereocenters. The normalized spacial score (nSPS) is 11.2. The second-order valence-electron chi connectivity index (χ2n) is 1.97. The summed E-state index contributed by atoms with van der Waals surface area (Å²) in [6.07, 6.45) is 1.96. The molecule has 0 heterocycles. The molecule has 0 amide bonds. The van der Waals surface area contributed by atoms with Gasteiger partial charge in [-0.25, -0.2) is 0 Å². The summed E-state index contributed by atoms with van der Waals surface area (Å²) in [4.78, 5) is 0.924. The molecule has 0 saturated heterocycles. The molecule has 0 aromatic heterocycles. The third-order valence-electron chi connectivity index (χ3n) is 0.875. The molecule has 1 N–H and O–H groups in total. The third-order valence-corrected chi connectivity index (χ3v) is 0.993. The van der Waals surface area contributed by atoms with Crippen molar-refractivity contribution in [1.82, 2.24) is 5.32 Å². The van der Waals surface area contributed by atoms with Crippen molar-refractivity contribution in [2.75, 3.05) is 6.54 Å². The van der Waals surface area contributed by atoms with Gasteiger partial charge in [0, 0.05) is 17.1 Å². The molecule has 0 aliphatic carbocycles. The zero-order valence-electron chi connectivity index (χ0n) is 6.19. The van der Waals surface area contributed by atoms with Crippen LogP contribution in [0.1, 0.15) is 20.8 Å². The molecule has 2 heteroatoms. The number of rotatable bonds is 3. The van der Waals surface area contributed by atoms with Crippen LogP contribution in [0.2, 0.25) is 0 Å². The van der Waals surface area contributed by atoms with E-state index < -0.39 is 0 Å². The molecular weight excluding hydrogens is 130 g/mol. The van der Waals surface area contributed by atoms with E-state index in [2.05, 4.69) is 12.2 Å². The van der Waals surface area contributed by atoms with Gasteiger partial charge < -0.3 is 5.32 Å². The van der Waals surface area contributed by atoms with Gasteiger partial charge in [-0.1, -0.05) is 12.2 Å². The van der Waals surface area contributed by atoms with Gasteiger partial charge in [0.05, 0.1) is 0 Å². The summed E-state index contributed by atoms with van der Waals surface area (Å²) < 4.78 is 0. The van der Waals surface area contributed by atoms with Crippen molar-refractivity contribution >= 4 is 17.1 Å². The van der Waals surface area contributed by atoms with E-state index in [4.69, 9.17) is 12.2 Å². The Morgan fingerprint density at radius 2 is 2.11 bits per heavy atom. The van der Waals surface area contributed by atoms with Crippen LogP contribution >= 0.6 is 12.2 Å². The lowest BCUT2D eigenvalue weighted by Crippen LogP contribution is -2.09. The molecule has 9 heavy (non-hydrogen) atoms. The minimum atomic E-state index is 0.924. The maximum Gasteiger partial charge on any atom is 0.0138 e. The highest BCUT2D eigenvalue weighted by Gasteiger charge is 1.83. The van der Waals surface area contributed by atoms with Crippen molar-refractivity contribution in [2.45, 2.75) is 20.8 Å². The molecule has 0 aromatic carbocycles. The highest BCUT2D eigenvalue weighted by atomic mass is 32.1. The topological polar surface area (TPSA) is 12.0 Å². The zero-order valence-corrected chi connectivity index (χ0v) is 7.01. The van der Waals surface area contributed by atoms with E-state index >= 15 is 0 Å². The third kappa shape index (κ3) is 5.50. The Morgan fingerprint density at radius 1 is 1.56 bits per heavy atom. The highest BCUT2D eigenvalue weighted by molar-refractivity contribution is 7.80. The Balaban J connectivity index is 3.69. The minimum absolute atomic E-state index is 0.924. The van der Waals surface area contributed by atoms with E-state index in [0.29, 0.717) is 0 Å².